The summed E-state index contributed by atoms with van der Waals surface area (Å²) < 4.78 is 5.61. The summed E-state index contributed by atoms with van der Waals surface area (Å²) in [5.41, 5.74) is 0.0151. The van der Waals surface area contributed by atoms with Gasteiger partial charge >= 0.3 is 5.97 Å². The number of hydrogen-bond donors (Lipinski definition) is 1. The van der Waals surface area contributed by atoms with E-state index in [-0.39, 0.29) is 35.2 Å². The van der Waals surface area contributed by atoms with Crippen molar-refractivity contribution < 1.29 is 14.6 Å². The van der Waals surface area contributed by atoms with E-state index in [1.165, 1.54) is 77.0 Å². The van der Waals surface area contributed by atoms with Crippen molar-refractivity contribution in [1.82, 2.24) is 0 Å². The summed E-state index contributed by atoms with van der Waals surface area (Å²) in [6.45, 7) is 11.4. The van der Waals surface area contributed by atoms with Gasteiger partial charge in [-0.3, -0.25) is 4.79 Å². The van der Waals surface area contributed by atoms with Gasteiger partial charge in [-0.25, -0.2) is 0 Å². The lowest BCUT2D eigenvalue weighted by atomic mass is 9.64. The standard InChI is InChI=1S/C28H54O3/c1-6-7-8-9-10-11-12-13-14-15-16-17-18-19-20-31-27(30)24-21-23(2)26(29)25(22-24)28(3,4)5/h23-26,29H,6-22H2,1-5H3. The highest BCUT2D eigenvalue weighted by Crippen LogP contribution is 2.43. The van der Waals surface area contributed by atoms with E-state index < -0.39 is 0 Å². The van der Waals surface area contributed by atoms with E-state index in [4.69, 9.17) is 4.74 Å². The second-order valence-corrected chi connectivity index (χ2v) is 11.4. The summed E-state index contributed by atoms with van der Waals surface area (Å²) in [5.74, 6) is 0.239. The summed E-state index contributed by atoms with van der Waals surface area (Å²) in [5, 5.41) is 10.5. The molecule has 0 aliphatic heterocycles. The maximum atomic E-state index is 12.6. The molecule has 3 heteroatoms. The molecule has 1 aliphatic carbocycles. The van der Waals surface area contributed by atoms with Crippen LogP contribution in [0.15, 0.2) is 0 Å². The molecule has 1 rings (SSSR count). The first kappa shape index (κ1) is 28.5. The molecule has 4 unspecified atom stereocenters. The Hall–Kier alpha value is -0.570. The number of carbonyl (C=O) groups is 1. The number of esters is 1. The fourth-order valence-electron chi connectivity index (χ4n) is 5.17. The highest BCUT2D eigenvalue weighted by atomic mass is 16.5. The smallest absolute Gasteiger partial charge is 0.308 e. The van der Waals surface area contributed by atoms with Crippen LogP contribution in [0.2, 0.25) is 0 Å². The van der Waals surface area contributed by atoms with Gasteiger partial charge < -0.3 is 9.84 Å². The van der Waals surface area contributed by atoms with Gasteiger partial charge in [0, 0.05) is 0 Å². The highest BCUT2D eigenvalue weighted by molar-refractivity contribution is 5.72. The Morgan fingerprint density at radius 2 is 1.26 bits per heavy atom. The Bertz CT molecular complexity index is 454. The maximum Gasteiger partial charge on any atom is 0.308 e. The molecule has 0 aromatic rings. The fraction of sp³-hybridized carbons (Fsp3) is 0.964. The summed E-state index contributed by atoms with van der Waals surface area (Å²) in [7, 11) is 0. The number of hydrogen-bond acceptors (Lipinski definition) is 3. The molecule has 1 saturated carbocycles. The van der Waals surface area contributed by atoms with Gasteiger partial charge in [0.15, 0.2) is 0 Å². The van der Waals surface area contributed by atoms with Crippen LogP contribution in [-0.2, 0) is 9.53 Å². The topological polar surface area (TPSA) is 46.5 Å². The molecule has 0 aromatic heterocycles. The van der Waals surface area contributed by atoms with Gasteiger partial charge in [0.1, 0.15) is 0 Å². The third-order valence-corrected chi connectivity index (χ3v) is 7.38. The summed E-state index contributed by atoms with van der Waals surface area (Å²) in [6, 6.07) is 0. The van der Waals surface area contributed by atoms with Crippen LogP contribution < -0.4 is 0 Å². The van der Waals surface area contributed by atoms with Crippen LogP contribution >= 0.6 is 0 Å². The van der Waals surface area contributed by atoms with Crippen molar-refractivity contribution in [2.24, 2.45) is 23.2 Å². The zero-order valence-electron chi connectivity index (χ0n) is 21.6. The van der Waals surface area contributed by atoms with Gasteiger partial charge in [0.2, 0.25) is 0 Å². The molecule has 1 N–H and O–H groups in total. The lowest BCUT2D eigenvalue weighted by Crippen LogP contribution is -2.44. The first-order valence-electron chi connectivity index (χ1n) is 13.6. The van der Waals surface area contributed by atoms with E-state index in [0.29, 0.717) is 6.61 Å². The molecular formula is C28H54O3. The zero-order valence-corrected chi connectivity index (χ0v) is 21.6. The number of aliphatic hydroxyl groups is 1. The Morgan fingerprint density at radius 1 is 0.806 bits per heavy atom. The normalized spacial score (nSPS) is 24.3. The molecule has 0 radical (unpaired) electrons. The van der Waals surface area contributed by atoms with Gasteiger partial charge in [-0.15, -0.1) is 0 Å². The van der Waals surface area contributed by atoms with E-state index in [9.17, 15) is 9.90 Å². The van der Waals surface area contributed by atoms with Gasteiger partial charge in [-0.05, 0) is 36.5 Å². The minimum atomic E-state index is -0.310. The molecule has 0 amide bonds. The number of ether oxygens (including phenoxy) is 1. The van der Waals surface area contributed by atoms with Crippen LogP contribution in [0.1, 0.15) is 137 Å². The molecule has 4 atom stereocenters. The molecule has 0 spiro atoms. The summed E-state index contributed by atoms with van der Waals surface area (Å²) in [6.07, 6.45) is 19.9. The predicted molar refractivity (Wildman–Crippen MR) is 132 cm³/mol. The SMILES string of the molecule is CCCCCCCCCCCCCCCCOC(=O)C1CC(C)C(O)C(C(C)(C)C)C1. The van der Waals surface area contributed by atoms with Crippen molar-refractivity contribution in [3.8, 4) is 0 Å². The monoisotopic (exact) mass is 438 g/mol. The number of carbonyl (C=O) groups excluding carboxylic acids is 1. The van der Waals surface area contributed by atoms with Crippen molar-refractivity contribution in [3.05, 3.63) is 0 Å². The van der Waals surface area contributed by atoms with E-state index in [0.717, 1.165) is 25.7 Å². The molecule has 0 aromatic carbocycles. The maximum absolute atomic E-state index is 12.6. The van der Waals surface area contributed by atoms with E-state index >= 15 is 0 Å². The third-order valence-electron chi connectivity index (χ3n) is 7.38. The van der Waals surface area contributed by atoms with Gasteiger partial charge in [0.05, 0.1) is 18.6 Å². The van der Waals surface area contributed by atoms with Crippen LogP contribution in [0, 0.1) is 23.2 Å². The summed E-state index contributed by atoms with van der Waals surface area (Å²) in [4.78, 5) is 12.6. The van der Waals surface area contributed by atoms with Crippen LogP contribution in [0.5, 0.6) is 0 Å². The molecule has 184 valence electrons. The van der Waals surface area contributed by atoms with Crippen molar-refractivity contribution in [2.75, 3.05) is 6.61 Å². The summed E-state index contributed by atoms with van der Waals surface area (Å²) >= 11 is 0. The molecule has 1 fully saturated rings. The first-order valence-corrected chi connectivity index (χ1v) is 13.6. The Labute approximate surface area is 194 Å². The largest absolute Gasteiger partial charge is 0.465 e. The van der Waals surface area contributed by atoms with Gasteiger partial charge in [-0.1, -0.05) is 118 Å². The van der Waals surface area contributed by atoms with Crippen molar-refractivity contribution in [2.45, 2.75) is 143 Å². The lowest BCUT2D eigenvalue weighted by Gasteiger charge is -2.43. The Kier molecular flexibility index (Phi) is 14.8. The average molecular weight is 439 g/mol. The molecule has 3 nitrogen and oxygen atoms in total. The average Bonchev–Trinajstić information content (AvgIpc) is 2.71. The third kappa shape index (κ3) is 12.3. The Balaban J connectivity index is 2.00. The van der Waals surface area contributed by atoms with Crippen LogP contribution in [0.3, 0.4) is 0 Å². The number of aliphatic hydroxyl groups excluding tert-OH is 1. The van der Waals surface area contributed by atoms with E-state index in [1.54, 1.807) is 0 Å². The van der Waals surface area contributed by atoms with Gasteiger partial charge in [-0.2, -0.15) is 0 Å². The van der Waals surface area contributed by atoms with Crippen LogP contribution in [0.25, 0.3) is 0 Å². The second kappa shape index (κ2) is 16.1. The quantitative estimate of drug-likeness (QED) is 0.196. The van der Waals surface area contributed by atoms with Crippen molar-refractivity contribution in [1.29, 1.82) is 0 Å². The molecular weight excluding hydrogens is 384 g/mol. The minimum absolute atomic E-state index is 0.0151. The molecule has 1 aliphatic rings. The van der Waals surface area contributed by atoms with E-state index in [2.05, 4.69) is 34.6 Å². The number of unbranched alkanes of at least 4 members (excludes halogenated alkanes) is 13. The highest BCUT2D eigenvalue weighted by Gasteiger charge is 2.43. The lowest BCUT2D eigenvalue weighted by molar-refractivity contribution is -0.154. The first-order chi connectivity index (χ1) is 14.8. The van der Waals surface area contributed by atoms with E-state index in [1.807, 2.05) is 0 Å². The minimum Gasteiger partial charge on any atom is -0.465 e. The molecule has 31 heavy (non-hydrogen) atoms. The zero-order chi connectivity index (χ0) is 23.1. The second-order valence-electron chi connectivity index (χ2n) is 11.4. The van der Waals surface area contributed by atoms with Crippen molar-refractivity contribution in [3.63, 3.8) is 0 Å². The number of rotatable bonds is 16. The van der Waals surface area contributed by atoms with Gasteiger partial charge in [0.25, 0.3) is 0 Å². The predicted octanol–water partition coefficient (Wildman–Crippen LogP) is 8.08. The molecule has 0 heterocycles. The Morgan fingerprint density at radius 3 is 1.71 bits per heavy atom. The van der Waals surface area contributed by atoms with Crippen LogP contribution in [-0.4, -0.2) is 23.8 Å². The molecule has 0 saturated heterocycles. The fourth-order valence-corrected chi connectivity index (χ4v) is 5.17. The van der Waals surface area contributed by atoms with Crippen molar-refractivity contribution >= 4 is 5.97 Å². The molecule has 0 bridgehead atoms. The van der Waals surface area contributed by atoms with Crippen LogP contribution in [0.4, 0.5) is 0 Å².